The second-order valence-electron chi connectivity index (χ2n) is 6.93. The topological polar surface area (TPSA) is 78.5 Å². The average Bonchev–Trinajstić information content (AvgIpc) is 2.82. The Hall–Kier alpha value is -2.51. The molecule has 0 aromatic heterocycles. The van der Waals surface area contributed by atoms with Crippen molar-refractivity contribution in [2.24, 2.45) is 0 Å². The van der Waals surface area contributed by atoms with Crippen LogP contribution in [0.1, 0.15) is 50.6 Å². The number of halogens is 2. The molecule has 1 aliphatic heterocycles. The molecule has 0 bridgehead atoms. The molecule has 2 aliphatic rings. The van der Waals surface area contributed by atoms with Gasteiger partial charge < -0.3 is 10.6 Å². The molecule has 6 nitrogen and oxygen atoms in total. The molecule has 26 heavy (non-hydrogen) atoms. The van der Waals surface area contributed by atoms with Gasteiger partial charge in [-0.05, 0) is 37.5 Å². The molecule has 1 heterocycles. The number of urea groups is 1. The fourth-order valence-electron chi connectivity index (χ4n) is 3.61. The third kappa shape index (κ3) is 3.40. The Kier molecular flexibility index (Phi) is 4.93. The van der Waals surface area contributed by atoms with E-state index in [1.165, 1.54) is 6.07 Å². The van der Waals surface area contributed by atoms with Gasteiger partial charge in [0.1, 0.15) is 12.1 Å². The van der Waals surface area contributed by atoms with Gasteiger partial charge in [0.25, 0.3) is 5.91 Å². The van der Waals surface area contributed by atoms with Crippen LogP contribution >= 0.6 is 0 Å². The first kappa shape index (κ1) is 18.3. The van der Waals surface area contributed by atoms with E-state index >= 15 is 0 Å². The van der Waals surface area contributed by atoms with Crippen molar-refractivity contribution < 1.29 is 23.2 Å². The minimum atomic E-state index is -1.00. The van der Waals surface area contributed by atoms with E-state index in [0.717, 1.165) is 36.3 Å². The molecule has 1 aromatic carbocycles. The zero-order valence-electron chi connectivity index (χ0n) is 14.5. The quantitative estimate of drug-likeness (QED) is 0.805. The standard InChI is InChI=1S/C18H21F2N3O3/c1-11(12-5-6-13(19)14(20)9-12)21-15(24)10-23-16(25)18(22-17(23)26)7-3-2-4-8-18/h5-6,9,11H,2-4,7-8,10H2,1H3,(H,21,24)(H,22,26). The summed E-state index contributed by atoms with van der Waals surface area (Å²) >= 11 is 0. The van der Waals surface area contributed by atoms with E-state index < -0.39 is 41.7 Å². The second-order valence-corrected chi connectivity index (χ2v) is 6.93. The number of amides is 4. The molecule has 4 amide bonds. The maximum absolute atomic E-state index is 13.3. The Morgan fingerprint density at radius 2 is 1.92 bits per heavy atom. The molecule has 8 heteroatoms. The largest absolute Gasteiger partial charge is 0.348 e. The van der Waals surface area contributed by atoms with Crippen LogP contribution in [-0.2, 0) is 9.59 Å². The Balaban J connectivity index is 1.63. The van der Waals surface area contributed by atoms with Crippen molar-refractivity contribution >= 4 is 17.8 Å². The molecular formula is C18H21F2N3O3. The minimum absolute atomic E-state index is 0.363. The Bertz CT molecular complexity index is 747. The smallest absolute Gasteiger partial charge is 0.325 e. The van der Waals surface area contributed by atoms with E-state index in [-0.39, 0.29) is 5.91 Å². The van der Waals surface area contributed by atoms with Gasteiger partial charge in [-0.2, -0.15) is 0 Å². The number of hydrogen-bond donors (Lipinski definition) is 2. The molecule has 1 spiro atoms. The highest BCUT2D eigenvalue weighted by molar-refractivity contribution is 6.09. The van der Waals surface area contributed by atoms with Gasteiger partial charge in [-0.1, -0.05) is 25.3 Å². The summed E-state index contributed by atoms with van der Waals surface area (Å²) in [7, 11) is 0. The lowest BCUT2D eigenvalue weighted by atomic mass is 9.82. The van der Waals surface area contributed by atoms with Gasteiger partial charge in [-0.25, -0.2) is 13.6 Å². The van der Waals surface area contributed by atoms with Crippen LogP contribution in [0.3, 0.4) is 0 Å². The molecule has 1 atom stereocenters. The normalized spacial score (nSPS) is 20.2. The summed E-state index contributed by atoms with van der Waals surface area (Å²) in [5.41, 5.74) is -0.486. The van der Waals surface area contributed by atoms with Crippen LogP contribution < -0.4 is 10.6 Å². The highest BCUT2D eigenvalue weighted by Crippen LogP contribution is 2.33. The number of carbonyl (C=O) groups excluding carboxylic acids is 3. The van der Waals surface area contributed by atoms with Crippen LogP contribution in [0.2, 0.25) is 0 Å². The van der Waals surface area contributed by atoms with Gasteiger partial charge in [-0.3, -0.25) is 14.5 Å². The number of nitrogens with one attached hydrogen (secondary N) is 2. The summed E-state index contributed by atoms with van der Waals surface area (Å²) in [4.78, 5) is 38.0. The third-order valence-corrected chi connectivity index (χ3v) is 5.08. The van der Waals surface area contributed by atoms with Crippen molar-refractivity contribution in [2.45, 2.75) is 50.6 Å². The molecule has 1 saturated heterocycles. The number of rotatable bonds is 4. The van der Waals surface area contributed by atoms with Gasteiger partial charge in [0.15, 0.2) is 11.6 Å². The van der Waals surface area contributed by atoms with Gasteiger partial charge >= 0.3 is 6.03 Å². The Morgan fingerprint density at radius 3 is 2.58 bits per heavy atom. The van der Waals surface area contributed by atoms with E-state index in [1.54, 1.807) is 6.92 Å². The predicted molar refractivity (Wildman–Crippen MR) is 89.0 cm³/mol. The molecule has 2 N–H and O–H groups in total. The first-order chi connectivity index (χ1) is 12.3. The molecule has 3 rings (SSSR count). The zero-order valence-corrected chi connectivity index (χ0v) is 14.5. The predicted octanol–water partition coefficient (Wildman–Crippen LogP) is 2.40. The fourth-order valence-corrected chi connectivity index (χ4v) is 3.61. The van der Waals surface area contributed by atoms with Crippen molar-refractivity contribution in [3.63, 3.8) is 0 Å². The first-order valence-electron chi connectivity index (χ1n) is 8.71. The average molecular weight is 365 g/mol. The van der Waals surface area contributed by atoms with Gasteiger partial charge in [0, 0.05) is 0 Å². The molecule has 1 aliphatic carbocycles. The van der Waals surface area contributed by atoms with Gasteiger partial charge in [0.2, 0.25) is 5.91 Å². The highest BCUT2D eigenvalue weighted by Gasteiger charge is 2.51. The third-order valence-electron chi connectivity index (χ3n) is 5.08. The van der Waals surface area contributed by atoms with Crippen LogP contribution in [0.4, 0.5) is 13.6 Å². The van der Waals surface area contributed by atoms with Crippen LogP contribution in [0.5, 0.6) is 0 Å². The zero-order chi connectivity index (χ0) is 18.9. The van der Waals surface area contributed by atoms with Gasteiger partial charge in [-0.15, -0.1) is 0 Å². The van der Waals surface area contributed by atoms with Gasteiger partial charge in [0.05, 0.1) is 6.04 Å². The number of imide groups is 1. The lowest BCUT2D eigenvalue weighted by Crippen LogP contribution is -2.49. The van der Waals surface area contributed by atoms with E-state index in [0.29, 0.717) is 18.4 Å². The van der Waals surface area contributed by atoms with Crippen LogP contribution in [0, 0.1) is 11.6 Å². The lowest BCUT2D eigenvalue weighted by molar-refractivity contribution is -0.136. The molecule has 1 aromatic rings. The lowest BCUT2D eigenvalue weighted by Gasteiger charge is -2.30. The number of hydrogen-bond acceptors (Lipinski definition) is 3. The summed E-state index contributed by atoms with van der Waals surface area (Å²) in [5.74, 6) is -2.88. The van der Waals surface area contributed by atoms with Crippen LogP contribution in [-0.4, -0.2) is 34.8 Å². The maximum atomic E-state index is 13.3. The maximum Gasteiger partial charge on any atom is 0.325 e. The molecule has 1 saturated carbocycles. The fraction of sp³-hybridized carbons (Fsp3) is 0.500. The molecule has 140 valence electrons. The van der Waals surface area contributed by atoms with E-state index in [4.69, 9.17) is 0 Å². The first-order valence-corrected chi connectivity index (χ1v) is 8.71. The number of benzene rings is 1. The molecule has 1 unspecified atom stereocenters. The Labute approximate surface area is 149 Å². The van der Waals surface area contributed by atoms with Crippen molar-refractivity contribution in [1.82, 2.24) is 15.5 Å². The van der Waals surface area contributed by atoms with E-state index in [1.807, 2.05) is 0 Å². The number of nitrogens with zero attached hydrogens (tertiary/aromatic N) is 1. The van der Waals surface area contributed by atoms with E-state index in [2.05, 4.69) is 10.6 Å². The van der Waals surface area contributed by atoms with Crippen LogP contribution in [0.25, 0.3) is 0 Å². The van der Waals surface area contributed by atoms with E-state index in [9.17, 15) is 23.2 Å². The molecule has 0 radical (unpaired) electrons. The molecular weight excluding hydrogens is 344 g/mol. The van der Waals surface area contributed by atoms with Crippen molar-refractivity contribution in [3.8, 4) is 0 Å². The monoisotopic (exact) mass is 365 g/mol. The van der Waals surface area contributed by atoms with Crippen molar-refractivity contribution in [2.75, 3.05) is 6.54 Å². The van der Waals surface area contributed by atoms with Crippen molar-refractivity contribution in [1.29, 1.82) is 0 Å². The van der Waals surface area contributed by atoms with Crippen molar-refractivity contribution in [3.05, 3.63) is 35.4 Å². The summed E-state index contributed by atoms with van der Waals surface area (Å²) in [6.07, 6.45) is 3.91. The SMILES string of the molecule is CC(NC(=O)CN1C(=O)NC2(CCCCC2)C1=O)c1ccc(F)c(F)c1. The summed E-state index contributed by atoms with van der Waals surface area (Å²) in [5, 5.41) is 5.34. The summed E-state index contributed by atoms with van der Waals surface area (Å²) < 4.78 is 26.3. The minimum Gasteiger partial charge on any atom is -0.348 e. The summed E-state index contributed by atoms with van der Waals surface area (Å²) in [6, 6.07) is 2.20. The Morgan fingerprint density at radius 1 is 1.23 bits per heavy atom. The highest BCUT2D eigenvalue weighted by atomic mass is 19.2. The van der Waals surface area contributed by atoms with Crippen LogP contribution in [0.15, 0.2) is 18.2 Å². The second kappa shape index (κ2) is 7.01. The molecule has 2 fully saturated rings. The summed E-state index contributed by atoms with van der Waals surface area (Å²) in [6.45, 7) is 1.21. The number of carbonyl (C=O) groups is 3.